The van der Waals surface area contributed by atoms with E-state index in [2.05, 4.69) is 29.6 Å². The first-order chi connectivity index (χ1) is 16.2. The van der Waals surface area contributed by atoms with E-state index in [0.29, 0.717) is 13.0 Å². The number of aliphatic carboxylic acids is 1. The number of hydrogen-bond acceptors (Lipinski definition) is 4. The minimum absolute atomic E-state index is 0.0311. The van der Waals surface area contributed by atoms with Crippen molar-refractivity contribution in [3.63, 3.8) is 0 Å². The summed E-state index contributed by atoms with van der Waals surface area (Å²) in [5.74, 6) is -1.70. The van der Waals surface area contributed by atoms with Crippen molar-refractivity contribution in [3.8, 4) is 11.1 Å². The van der Waals surface area contributed by atoms with Gasteiger partial charge < -0.3 is 20.1 Å². The molecule has 34 heavy (non-hydrogen) atoms. The zero-order chi connectivity index (χ0) is 24.5. The predicted molar refractivity (Wildman–Crippen MR) is 128 cm³/mol. The molecule has 7 nitrogen and oxygen atoms in total. The molecule has 2 N–H and O–H groups in total. The van der Waals surface area contributed by atoms with Crippen molar-refractivity contribution in [3.05, 3.63) is 59.7 Å². The quantitative estimate of drug-likeness (QED) is 0.643. The Morgan fingerprint density at radius 2 is 1.65 bits per heavy atom. The second-order valence-electron chi connectivity index (χ2n) is 9.73. The fraction of sp³-hybridized carbons (Fsp3) is 0.444. The Morgan fingerprint density at radius 3 is 2.18 bits per heavy atom. The minimum atomic E-state index is -0.877. The van der Waals surface area contributed by atoms with Crippen molar-refractivity contribution in [1.82, 2.24) is 10.2 Å². The van der Waals surface area contributed by atoms with Crippen molar-refractivity contribution in [2.24, 2.45) is 17.3 Å². The van der Waals surface area contributed by atoms with E-state index in [0.717, 1.165) is 22.3 Å². The Kier molecular flexibility index (Phi) is 6.64. The van der Waals surface area contributed by atoms with Crippen molar-refractivity contribution < 1.29 is 24.2 Å². The number of nitrogens with zero attached hydrogens (tertiary/aromatic N) is 1. The van der Waals surface area contributed by atoms with Gasteiger partial charge in [0.1, 0.15) is 6.61 Å². The van der Waals surface area contributed by atoms with Crippen LogP contribution in [0.15, 0.2) is 48.5 Å². The van der Waals surface area contributed by atoms with Gasteiger partial charge in [-0.2, -0.15) is 0 Å². The molecule has 1 aliphatic heterocycles. The van der Waals surface area contributed by atoms with E-state index in [1.807, 2.05) is 38.1 Å². The smallest absolute Gasteiger partial charge is 0.407 e. The van der Waals surface area contributed by atoms with E-state index in [4.69, 9.17) is 4.74 Å². The lowest BCUT2D eigenvalue weighted by molar-refractivity contribution is -0.143. The molecule has 2 aromatic carbocycles. The summed E-state index contributed by atoms with van der Waals surface area (Å²) in [5, 5.41) is 12.2. The third-order valence-electron chi connectivity index (χ3n) is 7.48. The van der Waals surface area contributed by atoms with Gasteiger partial charge in [0.25, 0.3) is 0 Å². The van der Waals surface area contributed by atoms with E-state index >= 15 is 0 Å². The highest BCUT2D eigenvalue weighted by Gasteiger charge is 2.43. The zero-order valence-corrected chi connectivity index (χ0v) is 19.9. The molecule has 0 bridgehead atoms. The SMILES string of the molecule is CCC(C)(CNC(=O)OCC1c2ccccc2-c2ccccc21)C(=O)N1CC(C)C(C(=O)O)C1. The zero-order valence-electron chi connectivity index (χ0n) is 19.9. The summed E-state index contributed by atoms with van der Waals surface area (Å²) < 4.78 is 5.60. The van der Waals surface area contributed by atoms with Crippen LogP contribution in [0.4, 0.5) is 4.79 Å². The molecule has 7 heteroatoms. The molecule has 4 rings (SSSR count). The first-order valence-corrected chi connectivity index (χ1v) is 11.9. The third kappa shape index (κ3) is 4.39. The summed E-state index contributed by atoms with van der Waals surface area (Å²) >= 11 is 0. The van der Waals surface area contributed by atoms with E-state index in [-0.39, 0.29) is 37.4 Å². The van der Waals surface area contributed by atoms with E-state index in [9.17, 15) is 19.5 Å². The van der Waals surface area contributed by atoms with Gasteiger partial charge >= 0.3 is 12.1 Å². The highest BCUT2D eigenvalue weighted by molar-refractivity contribution is 5.85. The van der Waals surface area contributed by atoms with Crippen LogP contribution in [-0.2, 0) is 14.3 Å². The largest absolute Gasteiger partial charge is 0.481 e. The number of amides is 2. The highest BCUT2D eigenvalue weighted by atomic mass is 16.5. The molecule has 0 aromatic heterocycles. The number of alkyl carbamates (subject to hydrolysis) is 1. The van der Waals surface area contributed by atoms with Gasteiger partial charge in [-0.25, -0.2) is 4.79 Å². The van der Waals surface area contributed by atoms with Crippen molar-refractivity contribution in [1.29, 1.82) is 0 Å². The lowest BCUT2D eigenvalue weighted by Gasteiger charge is -2.32. The third-order valence-corrected chi connectivity index (χ3v) is 7.48. The number of carbonyl (C=O) groups excluding carboxylic acids is 2. The van der Waals surface area contributed by atoms with E-state index < -0.39 is 23.4 Å². The maximum Gasteiger partial charge on any atom is 0.407 e. The van der Waals surface area contributed by atoms with E-state index in [1.54, 1.807) is 11.8 Å². The first kappa shape index (κ1) is 23.8. The Labute approximate surface area is 200 Å². The fourth-order valence-electron chi connectivity index (χ4n) is 5.10. The summed E-state index contributed by atoms with van der Waals surface area (Å²) in [6, 6.07) is 16.3. The maximum absolute atomic E-state index is 13.2. The van der Waals surface area contributed by atoms with Gasteiger partial charge in [0.15, 0.2) is 0 Å². The number of fused-ring (bicyclic) bond motifs is 3. The molecular formula is C27H32N2O5. The molecule has 1 saturated heterocycles. The minimum Gasteiger partial charge on any atom is -0.481 e. The topological polar surface area (TPSA) is 95.9 Å². The number of benzene rings is 2. The summed E-state index contributed by atoms with van der Waals surface area (Å²) in [7, 11) is 0. The molecule has 0 spiro atoms. The van der Waals surface area contributed by atoms with Crippen LogP contribution in [0.3, 0.4) is 0 Å². The lowest BCUT2D eigenvalue weighted by atomic mass is 9.85. The molecule has 2 aromatic rings. The van der Waals surface area contributed by atoms with Crippen molar-refractivity contribution in [2.75, 3.05) is 26.2 Å². The maximum atomic E-state index is 13.2. The van der Waals surface area contributed by atoms with Crippen LogP contribution >= 0.6 is 0 Å². The molecule has 180 valence electrons. The Balaban J connectivity index is 1.36. The van der Waals surface area contributed by atoms with Crippen molar-refractivity contribution in [2.45, 2.75) is 33.1 Å². The van der Waals surface area contributed by atoms with Gasteiger partial charge in [-0.05, 0) is 41.5 Å². The van der Waals surface area contributed by atoms with Gasteiger partial charge in [0, 0.05) is 25.6 Å². The van der Waals surface area contributed by atoms with Crippen molar-refractivity contribution >= 4 is 18.0 Å². The normalized spacial score (nSPS) is 20.9. The first-order valence-electron chi connectivity index (χ1n) is 11.9. The summed E-state index contributed by atoms with van der Waals surface area (Å²) in [6.45, 7) is 6.50. The molecule has 1 aliphatic carbocycles. The van der Waals surface area contributed by atoms with Crippen LogP contribution in [0.2, 0.25) is 0 Å². The van der Waals surface area contributed by atoms with Crippen LogP contribution in [0, 0.1) is 17.3 Å². The average molecular weight is 465 g/mol. The van der Waals surface area contributed by atoms with Gasteiger partial charge in [0.2, 0.25) is 5.91 Å². The number of carboxylic acid groups (broad SMARTS) is 1. The molecule has 1 fully saturated rings. The van der Waals surface area contributed by atoms with Crippen LogP contribution in [0.1, 0.15) is 44.2 Å². The number of carbonyl (C=O) groups is 3. The standard InChI is InChI=1S/C27H32N2O5/c1-4-27(3,25(32)29-13-17(2)22(14-29)24(30)31)16-28-26(33)34-15-23-20-11-7-5-9-18(20)19-10-6-8-12-21(19)23/h5-12,17,22-23H,4,13-16H2,1-3H3,(H,28,33)(H,30,31). The molecule has 1 heterocycles. The predicted octanol–water partition coefficient (Wildman–Crippen LogP) is 4.12. The van der Waals surface area contributed by atoms with Gasteiger partial charge in [-0.15, -0.1) is 0 Å². The molecule has 2 aliphatic rings. The molecule has 2 amide bonds. The summed E-state index contributed by atoms with van der Waals surface area (Å²) in [6.07, 6.45) is -0.0505. The number of rotatable bonds is 7. The van der Waals surface area contributed by atoms with Crippen LogP contribution in [0.25, 0.3) is 11.1 Å². The van der Waals surface area contributed by atoms with Crippen LogP contribution < -0.4 is 5.32 Å². The highest BCUT2D eigenvalue weighted by Crippen LogP contribution is 2.44. The van der Waals surface area contributed by atoms with Gasteiger partial charge in [-0.1, -0.05) is 62.4 Å². The Hall–Kier alpha value is -3.35. The molecule has 3 atom stereocenters. The van der Waals surface area contributed by atoms with Gasteiger partial charge in [-0.3, -0.25) is 9.59 Å². The van der Waals surface area contributed by atoms with Crippen LogP contribution in [-0.4, -0.2) is 54.2 Å². The molecular weight excluding hydrogens is 432 g/mol. The summed E-state index contributed by atoms with van der Waals surface area (Å²) in [4.78, 5) is 38.8. The average Bonchev–Trinajstić information content (AvgIpc) is 3.39. The molecule has 3 unspecified atom stereocenters. The van der Waals surface area contributed by atoms with Gasteiger partial charge in [0.05, 0.1) is 11.3 Å². The number of likely N-dealkylation sites (tertiary alicyclic amines) is 1. The number of hydrogen-bond donors (Lipinski definition) is 2. The van der Waals surface area contributed by atoms with E-state index in [1.165, 1.54) is 0 Å². The molecule has 0 radical (unpaired) electrons. The number of carboxylic acids is 1. The van der Waals surface area contributed by atoms with Crippen LogP contribution in [0.5, 0.6) is 0 Å². The Bertz CT molecular complexity index is 1050. The second-order valence-corrected chi connectivity index (χ2v) is 9.73. The molecule has 0 saturated carbocycles. The monoisotopic (exact) mass is 464 g/mol. The second kappa shape index (κ2) is 9.49. The number of nitrogens with one attached hydrogen (secondary N) is 1. The number of ether oxygens (including phenoxy) is 1. The summed E-state index contributed by atoms with van der Waals surface area (Å²) in [5.41, 5.74) is 3.77. The Morgan fingerprint density at radius 1 is 1.06 bits per heavy atom. The fourth-order valence-corrected chi connectivity index (χ4v) is 5.10. The lowest BCUT2D eigenvalue weighted by Crippen LogP contribution is -2.48.